The van der Waals surface area contributed by atoms with Gasteiger partial charge in [0.2, 0.25) is 0 Å². The molecule has 2 aromatic carbocycles. The van der Waals surface area contributed by atoms with Gasteiger partial charge in [0.25, 0.3) is 5.56 Å². The Hall–Kier alpha value is -2.54. The van der Waals surface area contributed by atoms with Gasteiger partial charge in [0.15, 0.2) is 0 Å². The van der Waals surface area contributed by atoms with Crippen LogP contribution in [0.15, 0.2) is 47.3 Å². The molecule has 4 rings (SSSR count). The second-order valence-electron chi connectivity index (χ2n) is 7.77. The third-order valence-corrected chi connectivity index (χ3v) is 5.47. The second kappa shape index (κ2) is 8.45. The summed E-state index contributed by atoms with van der Waals surface area (Å²) in [5.74, 6) is 0. The highest BCUT2D eigenvalue weighted by Gasteiger charge is 2.19. The van der Waals surface area contributed by atoms with Gasteiger partial charge < -0.3 is 9.84 Å². The highest BCUT2D eigenvalue weighted by atomic mass is 16.5. The van der Waals surface area contributed by atoms with Crippen LogP contribution in [0.25, 0.3) is 22.0 Å². The highest BCUT2D eigenvalue weighted by molar-refractivity contribution is 5.94. The molecule has 1 N–H and O–H groups in total. The maximum atomic E-state index is 13.0. The molecule has 0 spiro atoms. The third kappa shape index (κ3) is 4.24. The Balaban J connectivity index is 1.74. The molecule has 1 fully saturated rings. The SMILES string of the molecule is Cc1ccc(C)c(-c2nn(C[C@@H](O)CN3CCOCC3)c(=O)c3ccccc23)c1. The van der Waals surface area contributed by atoms with Crippen LogP contribution in [0.2, 0.25) is 0 Å². The van der Waals surface area contributed by atoms with E-state index in [1.807, 2.05) is 38.1 Å². The molecule has 2 heterocycles. The second-order valence-corrected chi connectivity index (χ2v) is 7.77. The number of β-amino-alcohol motifs (C(OH)–C–C–N with tert-alkyl or cyclic N) is 1. The topological polar surface area (TPSA) is 67.6 Å². The van der Waals surface area contributed by atoms with Crippen LogP contribution in [0.3, 0.4) is 0 Å². The van der Waals surface area contributed by atoms with Crippen LogP contribution < -0.4 is 5.56 Å². The maximum Gasteiger partial charge on any atom is 0.274 e. The number of hydrogen-bond donors (Lipinski definition) is 1. The number of hydrogen-bond acceptors (Lipinski definition) is 5. The van der Waals surface area contributed by atoms with Crippen molar-refractivity contribution in [3.05, 3.63) is 63.9 Å². The number of rotatable bonds is 5. The Labute approximate surface area is 170 Å². The molecule has 152 valence electrons. The van der Waals surface area contributed by atoms with Crippen molar-refractivity contribution in [1.82, 2.24) is 14.7 Å². The number of aromatic nitrogens is 2. The van der Waals surface area contributed by atoms with Crippen LogP contribution in [0.4, 0.5) is 0 Å². The number of nitrogens with zero attached hydrogens (tertiary/aromatic N) is 3. The van der Waals surface area contributed by atoms with E-state index < -0.39 is 6.10 Å². The number of aliphatic hydroxyl groups excluding tert-OH is 1. The summed E-state index contributed by atoms with van der Waals surface area (Å²) in [6.45, 7) is 7.72. The lowest BCUT2D eigenvalue weighted by molar-refractivity contribution is 0.0106. The molecule has 6 nitrogen and oxygen atoms in total. The minimum atomic E-state index is -0.675. The van der Waals surface area contributed by atoms with E-state index in [0.29, 0.717) is 25.1 Å². The van der Waals surface area contributed by atoms with Gasteiger partial charge in [-0.2, -0.15) is 5.10 Å². The Bertz CT molecular complexity index is 1070. The first-order valence-electron chi connectivity index (χ1n) is 10.1. The smallest absolute Gasteiger partial charge is 0.274 e. The lowest BCUT2D eigenvalue weighted by Gasteiger charge is -2.28. The van der Waals surface area contributed by atoms with Crippen LogP contribution in [-0.4, -0.2) is 58.7 Å². The number of fused-ring (bicyclic) bond motifs is 1. The van der Waals surface area contributed by atoms with Gasteiger partial charge in [-0.3, -0.25) is 9.69 Å². The fourth-order valence-corrected chi connectivity index (χ4v) is 3.89. The van der Waals surface area contributed by atoms with Crippen LogP contribution in [0.1, 0.15) is 11.1 Å². The number of aryl methyl sites for hydroxylation is 2. The van der Waals surface area contributed by atoms with Crippen LogP contribution >= 0.6 is 0 Å². The lowest BCUT2D eigenvalue weighted by atomic mass is 9.99. The highest BCUT2D eigenvalue weighted by Crippen LogP contribution is 2.28. The van der Waals surface area contributed by atoms with Crippen molar-refractivity contribution in [1.29, 1.82) is 0 Å². The molecule has 29 heavy (non-hydrogen) atoms. The maximum absolute atomic E-state index is 13.0. The Morgan fingerprint density at radius 2 is 1.79 bits per heavy atom. The van der Waals surface area contributed by atoms with Gasteiger partial charge in [-0.25, -0.2) is 4.68 Å². The summed E-state index contributed by atoms with van der Waals surface area (Å²) in [5.41, 5.74) is 3.86. The van der Waals surface area contributed by atoms with Gasteiger partial charge in [-0.15, -0.1) is 0 Å². The van der Waals surface area contributed by atoms with Gasteiger partial charge in [0.05, 0.1) is 36.9 Å². The van der Waals surface area contributed by atoms with E-state index in [1.54, 1.807) is 0 Å². The number of ether oxygens (including phenoxy) is 1. The van der Waals surface area contributed by atoms with E-state index in [1.165, 1.54) is 4.68 Å². The molecule has 1 saturated heterocycles. The summed E-state index contributed by atoms with van der Waals surface area (Å²) in [7, 11) is 0. The standard InChI is InChI=1S/C23H27N3O3/c1-16-7-8-17(2)21(13-16)22-19-5-3-4-6-20(19)23(28)26(24-22)15-18(27)14-25-9-11-29-12-10-25/h3-8,13,18,27H,9-12,14-15H2,1-2H3/t18-/m0/s1. The molecule has 0 aliphatic carbocycles. The molecule has 0 saturated carbocycles. The summed E-state index contributed by atoms with van der Waals surface area (Å²) in [5, 5.41) is 16.8. The van der Waals surface area contributed by atoms with Crippen LogP contribution in [0.5, 0.6) is 0 Å². The van der Waals surface area contributed by atoms with E-state index in [9.17, 15) is 9.90 Å². The molecule has 1 atom stereocenters. The summed E-state index contributed by atoms with van der Waals surface area (Å²) in [6, 6.07) is 13.8. The Morgan fingerprint density at radius 1 is 1.07 bits per heavy atom. The summed E-state index contributed by atoms with van der Waals surface area (Å²) in [4.78, 5) is 15.2. The third-order valence-electron chi connectivity index (χ3n) is 5.47. The normalized spacial score (nSPS) is 16.2. The first-order chi connectivity index (χ1) is 14.0. The summed E-state index contributed by atoms with van der Waals surface area (Å²) >= 11 is 0. The quantitative estimate of drug-likeness (QED) is 0.721. The molecule has 0 bridgehead atoms. The first-order valence-corrected chi connectivity index (χ1v) is 10.1. The zero-order chi connectivity index (χ0) is 20.4. The molecular weight excluding hydrogens is 366 g/mol. The van der Waals surface area contributed by atoms with Crippen molar-refractivity contribution in [3.63, 3.8) is 0 Å². The number of morpholine rings is 1. The van der Waals surface area contributed by atoms with Gasteiger partial charge in [0.1, 0.15) is 0 Å². The van der Waals surface area contributed by atoms with Crippen molar-refractivity contribution in [3.8, 4) is 11.3 Å². The Kier molecular flexibility index (Phi) is 5.76. The van der Waals surface area contributed by atoms with E-state index in [2.05, 4.69) is 23.1 Å². The van der Waals surface area contributed by atoms with Crippen molar-refractivity contribution in [2.24, 2.45) is 0 Å². The predicted molar refractivity (Wildman–Crippen MR) is 114 cm³/mol. The van der Waals surface area contributed by atoms with Crippen LogP contribution in [-0.2, 0) is 11.3 Å². The fraction of sp³-hybridized carbons (Fsp3) is 0.391. The molecule has 3 aromatic rings. The lowest BCUT2D eigenvalue weighted by Crippen LogP contribution is -2.43. The Morgan fingerprint density at radius 3 is 2.55 bits per heavy atom. The minimum Gasteiger partial charge on any atom is -0.390 e. The van der Waals surface area contributed by atoms with Gasteiger partial charge >= 0.3 is 0 Å². The van der Waals surface area contributed by atoms with E-state index in [-0.39, 0.29) is 12.1 Å². The largest absolute Gasteiger partial charge is 0.390 e. The summed E-state index contributed by atoms with van der Waals surface area (Å²) < 4.78 is 6.78. The zero-order valence-corrected chi connectivity index (χ0v) is 17.0. The molecular formula is C23H27N3O3. The van der Waals surface area contributed by atoms with Gasteiger partial charge in [-0.1, -0.05) is 35.9 Å². The van der Waals surface area contributed by atoms with Crippen molar-refractivity contribution >= 4 is 10.8 Å². The fourth-order valence-electron chi connectivity index (χ4n) is 3.89. The monoisotopic (exact) mass is 393 g/mol. The number of aliphatic hydroxyl groups is 1. The van der Waals surface area contributed by atoms with E-state index >= 15 is 0 Å². The molecule has 1 aliphatic rings. The molecule has 0 amide bonds. The molecule has 6 heteroatoms. The van der Waals surface area contributed by atoms with Crippen LogP contribution in [0, 0.1) is 13.8 Å². The minimum absolute atomic E-state index is 0.166. The van der Waals surface area contributed by atoms with Gasteiger partial charge in [-0.05, 0) is 31.5 Å². The average Bonchev–Trinajstić information content (AvgIpc) is 2.73. The van der Waals surface area contributed by atoms with Crippen molar-refractivity contribution < 1.29 is 9.84 Å². The molecule has 1 aliphatic heterocycles. The zero-order valence-electron chi connectivity index (χ0n) is 17.0. The summed E-state index contributed by atoms with van der Waals surface area (Å²) in [6.07, 6.45) is -0.675. The molecule has 1 aromatic heterocycles. The number of benzene rings is 2. The first kappa shape index (κ1) is 19.8. The molecule has 0 unspecified atom stereocenters. The van der Waals surface area contributed by atoms with Gasteiger partial charge in [0, 0.05) is 30.6 Å². The molecule has 0 radical (unpaired) electrons. The van der Waals surface area contributed by atoms with Crippen molar-refractivity contribution in [2.45, 2.75) is 26.5 Å². The predicted octanol–water partition coefficient (Wildman–Crippen LogP) is 2.37. The van der Waals surface area contributed by atoms with Crippen molar-refractivity contribution in [2.75, 3.05) is 32.8 Å². The van der Waals surface area contributed by atoms with E-state index in [0.717, 1.165) is 40.9 Å². The average molecular weight is 393 g/mol. The van der Waals surface area contributed by atoms with E-state index in [4.69, 9.17) is 9.84 Å².